The van der Waals surface area contributed by atoms with E-state index in [1.807, 2.05) is 42.5 Å². The van der Waals surface area contributed by atoms with Gasteiger partial charge in [0.1, 0.15) is 10.8 Å². The van der Waals surface area contributed by atoms with Crippen LogP contribution in [0.4, 0.5) is 0 Å². The Kier molecular flexibility index (Phi) is 10.5. The molecule has 6 aromatic rings. The minimum absolute atomic E-state index is 0.0147. The summed E-state index contributed by atoms with van der Waals surface area (Å²) >= 11 is 0. The van der Waals surface area contributed by atoms with Crippen molar-refractivity contribution >= 4 is 44.4 Å². The summed E-state index contributed by atoms with van der Waals surface area (Å²) in [4.78, 5) is 73.3. The molecule has 3 aliphatic rings. The first-order valence-electron chi connectivity index (χ1n) is 18.9. The second-order valence-electron chi connectivity index (χ2n) is 14.3. The summed E-state index contributed by atoms with van der Waals surface area (Å²) in [6, 6.07) is 16.6. The Hall–Kier alpha value is -6.18. The molecule has 3 fully saturated rings. The van der Waals surface area contributed by atoms with E-state index in [2.05, 4.69) is 30.2 Å². The molecule has 2 aromatic carbocycles. The zero-order chi connectivity index (χ0) is 37.7. The molecule has 0 atom stereocenters. The van der Waals surface area contributed by atoms with Crippen LogP contribution < -0.4 is 32.0 Å². The topological polar surface area (TPSA) is 195 Å². The lowest BCUT2D eigenvalue weighted by molar-refractivity contribution is 0.307. The molecule has 14 nitrogen and oxygen atoms in total. The van der Waals surface area contributed by atoms with E-state index in [0.717, 1.165) is 85.5 Å². The molecule has 9 rings (SSSR count). The number of fused-ring (bicyclic) bond motifs is 3. The third-order valence-corrected chi connectivity index (χ3v) is 10.3. The molecule has 0 unspecified atom stereocenters. The Bertz CT molecular complexity index is 2670. The maximum Gasteiger partial charge on any atom is 0.337 e. The fourth-order valence-corrected chi connectivity index (χ4v) is 7.24. The van der Waals surface area contributed by atoms with Gasteiger partial charge < -0.3 is 18.5 Å². The molecule has 4 heterocycles. The number of aryl methyl sites for hydroxylation is 1. The fourth-order valence-electron chi connectivity index (χ4n) is 7.24. The Balaban J connectivity index is 0.000000158. The number of nitrogens with one attached hydrogen (secondary N) is 2. The molecule has 0 aliphatic heterocycles. The zero-order valence-electron chi connectivity index (χ0n) is 30.2. The molecular weight excluding hydrogens is 704 g/mol. The Morgan fingerprint density at radius 3 is 1.82 bits per heavy atom. The van der Waals surface area contributed by atoms with Crippen molar-refractivity contribution in [3.05, 3.63) is 113 Å². The molecule has 0 amide bonds. The maximum atomic E-state index is 12.8. The quantitative estimate of drug-likeness (QED) is 0.148. The van der Waals surface area contributed by atoms with Gasteiger partial charge in [0, 0.05) is 12.1 Å². The van der Waals surface area contributed by atoms with Crippen LogP contribution in [-0.4, -0.2) is 31.4 Å². The standard InChI is InChI=1S/C23H19N3O4.C18H21N3O4/c27-19-13-16(12-15-8-5-7-14-6-1-4-11-18(14)15)20-21(28)24-23(25-22(20)29-19)30-26-17-9-2-3-10-17;22-14-10-12(9-8-11-6-7-11)15-16(23)19-18(20-17(15)24-14)25-21-13-4-2-1-3-5-13/h1,4-8,11,13H,2-3,9-10,12H2,(H,24,25,28);10-11H,1-9H2,(H,19,20,23). The second-order valence-corrected chi connectivity index (χ2v) is 14.3. The van der Waals surface area contributed by atoms with E-state index >= 15 is 0 Å². The lowest BCUT2D eigenvalue weighted by Gasteiger charge is -2.11. The Morgan fingerprint density at radius 2 is 1.20 bits per heavy atom. The summed E-state index contributed by atoms with van der Waals surface area (Å²) < 4.78 is 10.3. The van der Waals surface area contributed by atoms with E-state index in [1.165, 1.54) is 31.4 Å². The molecular formula is C41H40N6O8. The monoisotopic (exact) mass is 744 g/mol. The lowest BCUT2D eigenvalue weighted by Crippen LogP contribution is -2.15. The summed E-state index contributed by atoms with van der Waals surface area (Å²) in [5, 5.41) is 10.9. The maximum absolute atomic E-state index is 12.8. The summed E-state index contributed by atoms with van der Waals surface area (Å²) in [6.07, 6.45) is 13.6. The molecule has 0 radical (unpaired) electrons. The highest BCUT2D eigenvalue weighted by molar-refractivity contribution is 5.87. The van der Waals surface area contributed by atoms with Crippen molar-refractivity contribution in [3.63, 3.8) is 0 Å². The molecule has 0 spiro atoms. The van der Waals surface area contributed by atoms with Crippen LogP contribution in [0.1, 0.15) is 93.7 Å². The Labute approximate surface area is 313 Å². The van der Waals surface area contributed by atoms with E-state index in [4.69, 9.17) is 18.5 Å². The van der Waals surface area contributed by atoms with Crippen LogP contribution in [0.2, 0.25) is 0 Å². The summed E-state index contributed by atoms with van der Waals surface area (Å²) in [5.74, 6) is 0.711. The number of aromatic amines is 2. The predicted octanol–water partition coefficient (Wildman–Crippen LogP) is 6.85. The molecule has 3 saturated carbocycles. The van der Waals surface area contributed by atoms with Gasteiger partial charge in [0.25, 0.3) is 11.1 Å². The number of hydrogen-bond acceptors (Lipinski definition) is 12. The van der Waals surface area contributed by atoms with Gasteiger partial charge in [-0.05, 0) is 104 Å². The second kappa shape index (κ2) is 16.0. The summed E-state index contributed by atoms with van der Waals surface area (Å²) in [7, 11) is 0. The number of hydrogen-bond donors (Lipinski definition) is 2. The highest BCUT2D eigenvalue weighted by Crippen LogP contribution is 2.34. The van der Waals surface area contributed by atoms with Crippen LogP contribution in [0.25, 0.3) is 33.0 Å². The van der Waals surface area contributed by atoms with Gasteiger partial charge in [0.05, 0.1) is 11.4 Å². The average molecular weight is 745 g/mol. The van der Waals surface area contributed by atoms with Crippen molar-refractivity contribution in [2.24, 2.45) is 16.2 Å². The van der Waals surface area contributed by atoms with Gasteiger partial charge in [-0.3, -0.25) is 19.6 Å². The summed E-state index contributed by atoms with van der Waals surface area (Å²) in [5.41, 5.74) is 2.26. The van der Waals surface area contributed by atoms with Crippen molar-refractivity contribution in [2.45, 2.75) is 89.9 Å². The van der Waals surface area contributed by atoms with Crippen LogP contribution in [0, 0.1) is 5.92 Å². The molecule has 14 heteroatoms. The van der Waals surface area contributed by atoms with Crippen LogP contribution in [-0.2, 0) is 12.8 Å². The van der Waals surface area contributed by atoms with Gasteiger partial charge in [-0.1, -0.05) is 72.0 Å². The Morgan fingerprint density at radius 1 is 0.655 bits per heavy atom. The van der Waals surface area contributed by atoms with Crippen molar-refractivity contribution < 1.29 is 18.5 Å². The molecule has 282 valence electrons. The largest absolute Gasteiger partial charge is 0.403 e. The van der Waals surface area contributed by atoms with Crippen molar-refractivity contribution in [1.82, 2.24) is 19.9 Å². The van der Waals surface area contributed by atoms with E-state index < -0.39 is 16.8 Å². The summed E-state index contributed by atoms with van der Waals surface area (Å²) in [6.45, 7) is 0. The highest BCUT2D eigenvalue weighted by Gasteiger charge is 2.22. The van der Waals surface area contributed by atoms with Gasteiger partial charge >= 0.3 is 23.3 Å². The van der Waals surface area contributed by atoms with Crippen molar-refractivity contribution in [1.29, 1.82) is 0 Å². The van der Waals surface area contributed by atoms with Gasteiger partial charge in [-0.2, -0.15) is 9.97 Å². The van der Waals surface area contributed by atoms with E-state index in [1.54, 1.807) is 0 Å². The normalized spacial score (nSPS) is 15.6. The highest BCUT2D eigenvalue weighted by atomic mass is 16.6. The van der Waals surface area contributed by atoms with Crippen LogP contribution >= 0.6 is 0 Å². The van der Waals surface area contributed by atoms with Gasteiger partial charge in [-0.15, -0.1) is 0 Å². The van der Waals surface area contributed by atoms with Crippen LogP contribution in [0.3, 0.4) is 0 Å². The minimum Gasteiger partial charge on any atom is -0.403 e. The van der Waals surface area contributed by atoms with Gasteiger partial charge in [-0.25, -0.2) is 9.59 Å². The number of benzene rings is 2. The number of aromatic nitrogens is 4. The smallest absolute Gasteiger partial charge is 0.337 e. The SMILES string of the molecule is O=c1cc(CCC2CC2)c2c(=O)[nH]c(ON=C3CCCCC3)nc2o1.O=c1cc(Cc2cccc3ccccc23)c2c(=O)[nH]c(ON=C3CCCC3)nc2o1. The molecule has 0 saturated heterocycles. The number of nitrogens with zero attached hydrogens (tertiary/aromatic N) is 4. The lowest BCUT2D eigenvalue weighted by atomic mass is 9.98. The number of H-pyrrole nitrogens is 2. The molecule has 2 N–H and O–H groups in total. The molecule has 4 aromatic heterocycles. The minimum atomic E-state index is -0.566. The van der Waals surface area contributed by atoms with Gasteiger partial charge in [0.15, 0.2) is 0 Å². The first-order valence-corrected chi connectivity index (χ1v) is 18.9. The van der Waals surface area contributed by atoms with Crippen molar-refractivity contribution in [3.8, 4) is 12.0 Å². The fraction of sp³-hybridized carbons (Fsp3) is 0.366. The van der Waals surface area contributed by atoms with E-state index in [-0.39, 0.29) is 34.4 Å². The first kappa shape index (κ1) is 35.8. The molecule has 55 heavy (non-hydrogen) atoms. The third kappa shape index (κ3) is 8.64. The van der Waals surface area contributed by atoms with Crippen LogP contribution in [0.15, 0.2) is 92.9 Å². The van der Waals surface area contributed by atoms with Crippen LogP contribution in [0.5, 0.6) is 12.0 Å². The first-order chi connectivity index (χ1) is 26.9. The zero-order valence-corrected chi connectivity index (χ0v) is 30.2. The average Bonchev–Trinajstić information content (AvgIpc) is 3.87. The van der Waals surface area contributed by atoms with E-state index in [0.29, 0.717) is 35.3 Å². The third-order valence-electron chi connectivity index (χ3n) is 10.3. The molecule has 0 bridgehead atoms. The van der Waals surface area contributed by atoms with Crippen molar-refractivity contribution in [2.75, 3.05) is 0 Å². The van der Waals surface area contributed by atoms with Gasteiger partial charge in [0.2, 0.25) is 11.4 Å². The van der Waals surface area contributed by atoms with E-state index in [9.17, 15) is 19.2 Å². The number of rotatable bonds is 9. The predicted molar refractivity (Wildman–Crippen MR) is 207 cm³/mol. The number of oxime groups is 2. The molecule has 3 aliphatic carbocycles.